The Balaban J connectivity index is 1.70. The highest BCUT2D eigenvalue weighted by molar-refractivity contribution is 6.31. The highest BCUT2D eigenvalue weighted by Gasteiger charge is 2.16. The molecule has 0 aliphatic carbocycles. The minimum absolute atomic E-state index is 0.245. The van der Waals surface area contributed by atoms with Crippen molar-refractivity contribution in [2.24, 2.45) is 0 Å². The molecule has 0 saturated heterocycles. The number of nitrogens with two attached hydrogens (primary N) is 1. The predicted octanol–water partition coefficient (Wildman–Crippen LogP) is 4.91. The van der Waals surface area contributed by atoms with Crippen molar-refractivity contribution in [3.8, 4) is 16.9 Å². The number of fused-ring (bicyclic) bond motifs is 1. The molecule has 2 N–H and O–H groups in total. The molecular formula is C20H16ClFN4O. The van der Waals surface area contributed by atoms with Crippen LogP contribution in [0.3, 0.4) is 0 Å². The number of pyridine rings is 2. The second-order valence-corrected chi connectivity index (χ2v) is 6.53. The van der Waals surface area contributed by atoms with Crippen LogP contribution >= 0.6 is 11.6 Å². The Hall–Kier alpha value is -3.12. The van der Waals surface area contributed by atoms with Crippen LogP contribution in [0.1, 0.15) is 18.6 Å². The first kappa shape index (κ1) is 17.3. The van der Waals surface area contributed by atoms with Gasteiger partial charge in [0.2, 0.25) is 0 Å². The van der Waals surface area contributed by atoms with Crippen LogP contribution in [0.4, 0.5) is 10.2 Å². The fourth-order valence-electron chi connectivity index (χ4n) is 2.93. The van der Waals surface area contributed by atoms with Crippen molar-refractivity contribution in [3.05, 3.63) is 77.5 Å². The zero-order valence-electron chi connectivity index (χ0n) is 14.4. The molecule has 7 heteroatoms. The summed E-state index contributed by atoms with van der Waals surface area (Å²) in [7, 11) is 0. The smallest absolute Gasteiger partial charge is 0.166 e. The molecular weight excluding hydrogens is 367 g/mol. The molecule has 4 rings (SSSR count). The molecule has 1 aromatic carbocycles. The second kappa shape index (κ2) is 6.89. The second-order valence-electron chi connectivity index (χ2n) is 6.12. The van der Waals surface area contributed by atoms with E-state index >= 15 is 0 Å². The van der Waals surface area contributed by atoms with Gasteiger partial charge >= 0.3 is 0 Å². The van der Waals surface area contributed by atoms with Gasteiger partial charge in [-0.25, -0.2) is 13.9 Å². The fraction of sp³-hybridized carbons (Fsp3) is 0.100. The third-order valence-electron chi connectivity index (χ3n) is 4.32. The van der Waals surface area contributed by atoms with E-state index < -0.39 is 6.10 Å². The summed E-state index contributed by atoms with van der Waals surface area (Å²) in [5.74, 6) is 0.265. The largest absolute Gasteiger partial charge is 0.482 e. The van der Waals surface area contributed by atoms with Crippen molar-refractivity contribution in [1.29, 1.82) is 0 Å². The van der Waals surface area contributed by atoms with Crippen molar-refractivity contribution in [1.82, 2.24) is 14.6 Å². The van der Waals surface area contributed by atoms with E-state index in [0.29, 0.717) is 16.3 Å². The number of rotatable bonds is 4. The molecule has 3 aromatic heterocycles. The average Bonchev–Trinajstić information content (AvgIpc) is 3.09. The van der Waals surface area contributed by atoms with Crippen LogP contribution in [-0.2, 0) is 0 Å². The van der Waals surface area contributed by atoms with Gasteiger partial charge in [0.15, 0.2) is 11.6 Å². The van der Waals surface area contributed by atoms with Gasteiger partial charge in [-0.3, -0.25) is 0 Å². The van der Waals surface area contributed by atoms with E-state index in [0.717, 1.165) is 16.6 Å². The van der Waals surface area contributed by atoms with Crippen LogP contribution in [0.2, 0.25) is 5.02 Å². The Bertz CT molecular complexity index is 1130. The topological polar surface area (TPSA) is 65.4 Å². The number of aromatic nitrogens is 3. The van der Waals surface area contributed by atoms with Crippen LogP contribution in [0.15, 0.2) is 61.1 Å². The number of hydrogen-bond acceptors (Lipinski definition) is 4. The molecule has 5 nitrogen and oxygen atoms in total. The van der Waals surface area contributed by atoms with Crippen LogP contribution in [0.25, 0.3) is 16.6 Å². The number of hydrogen-bond donors (Lipinski definition) is 1. The number of nitrogen functional groups attached to an aromatic ring is 1. The summed E-state index contributed by atoms with van der Waals surface area (Å²) in [6.45, 7) is 1.78. The third kappa shape index (κ3) is 3.31. The SMILES string of the molecule is CC(Oc1cc(-c2cnn3ccccc23)cnc1N)c1cc(F)ccc1Cl. The summed E-state index contributed by atoms with van der Waals surface area (Å²) in [6, 6.07) is 11.8. The third-order valence-corrected chi connectivity index (χ3v) is 4.66. The molecule has 1 atom stereocenters. The summed E-state index contributed by atoms with van der Waals surface area (Å²) in [4.78, 5) is 4.24. The summed E-state index contributed by atoms with van der Waals surface area (Å²) in [5, 5.41) is 4.76. The quantitative estimate of drug-likeness (QED) is 0.544. The number of anilines is 1. The minimum atomic E-state index is -0.503. The van der Waals surface area contributed by atoms with Gasteiger partial charge in [-0.05, 0) is 43.3 Å². The average molecular weight is 383 g/mol. The zero-order chi connectivity index (χ0) is 19.0. The molecule has 0 radical (unpaired) electrons. The maximum absolute atomic E-state index is 13.6. The fourth-order valence-corrected chi connectivity index (χ4v) is 3.21. The van der Waals surface area contributed by atoms with Gasteiger partial charge in [-0.15, -0.1) is 0 Å². The van der Waals surface area contributed by atoms with Gasteiger partial charge in [0.25, 0.3) is 0 Å². The molecule has 4 aromatic rings. The molecule has 0 fully saturated rings. The van der Waals surface area contributed by atoms with Crippen LogP contribution in [-0.4, -0.2) is 14.6 Å². The number of ether oxygens (including phenoxy) is 1. The summed E-state index contributed by atoms with van der Waals surface area (Å²) in [5.41, 5.74) is 9.19. The molecule has 0 bridgehead atoms. The molecule has 0 amide bonds. The molecule has 0 aliphatic rings. The molecule has 136 valence electrons. The summed E-state index contributed by atoms with van der Waals surface area (Å²) < 4.78 is 21.3. The van der Waals surface area contributed by atoms with Gasteiger partial charge < -0.3 is 10.5 Å². The van der Waals surface area contributed by atoms with Gasteiger partial charge in [0.1, 0.15) is 11.9 Å². The standard InChI is InChI=1S/C20H16ClFN4O/c1-12(15-9-14(22)5-6-17(15)21)27-19-8-13(10-24-20(19)23)16-11-25-26-7-3-2-4-18(16)26/h2-12H,1H3,(H2,23,24). The molecule has 0 spiro atoms. The first-order chi connectivity index (χ1) is 13.0. The number of halogens is 2. The Morgan fingerprint density at radius 2 is 2.04 bits per heavy atom. The van der Waals surface area contributed by atoms with E-state index in [1.807, 2.05) is 24.4 Å². The maximum Gasteiger partial charge on any atom is 0.166 e. The van der Waals surface area contributed by atoms with E-state index in [4.69, 9.17) is 22.1 Å². The highest BCUT2D eigenvalue weighted by atomic mass is 35.5. The van der Waals surface area contributed by atoms with Crippen molar-refractivity contribution in [2.75, 3.05) is 5.73 Å². The Morgan fingerprint density at radius 1 is 1.19 bits per heavy atom. The van der Waals surface area contributed by atoms with Crippen molar-refractivity contribution in [3.63, 3.8) is 0 Å². The Morgan fingerprint density at radius 3 is 2.89 bits per heavy atom. The normalized spacial score (nSPS) is 12.3. The maximum atomic E-state index is 13.6. The lowest BCUT2D eigenvalue weighted by Gasteiger charge is -2.18. The van der Waals surface area contributed by atoms with E-state index in [1.54, 1.807) is 29.9 Å². The highest BCUT2D eigenvalue weighted by Crippen LogP contribution is 2.33. The Kier molecular flexibility index (Phi) is 4.41. The van der Waals surface area contributed by atoms with Gasteiger partial charge in [-0.2, -0.15) is 5.10 Å². The Labute approximate surface area is 160 Å². The molecule has 0 saturated carbocycles. The van der Waals surface area contributed by atoms with E-state index in [1.165, 1.54) is 18.2 Å². The lowest BCUT2D eigenvalue weighted by atomic mass is 10.1. The molecule has 3 heterocycles. The van der Waals surface area contributed by atoms with Gasteiger partial charge in [0.05, 0.1) is 11.7 Å². The van der Waals surface area contributed by atoms with Crippen LogP contribution < -0.4 is 10.5 Å². The first-order valence-electron chi connectivity index (χ1n) is 8.33. The molecule has 27 heavy (non-hydrogen) atoms. The lowest BCUT2D eigenvalue weighted by molar-refractivity contribution is 0.227. The van der Waals surface area contributed by atoms with Crippen LogP contribution in [0, 0.1) is 5.82 Å². The van der Waals surface area contributed by atoms with Gasteiger partial charge in [0, 0.05) is 34.1 Å². The predicted molar refractivity (Wildman–Crippen MR) is 103 cm³/mol. The van der Waals surface area contributed by atoms with Gasteiger partial charge in [-0.1, -0.05) is 17.7 Å². The lowest BCUT2D eigenvalue weighted by Crippen LogP contribution is -2.07. The minimum Gasteiger partial charge on any atom is -0.482 e. The number of benzene rings is 1. The van der Waals surface area contributed by atoms with E-state index in [9.17, 15) is 4.39 Å². The summed E-state index contributed by atoms with van der Waals surface area (Å²) in [6.07, 6.45) is 4.80. The monoisotopic (exact) mass is 382 g/mol. The zero-order valence-corrected chi connectivity index (χ0v) is 15.2. The van der Waals surface area contributed by atoms with Crippen molar-refractivity contribution >= 4 is 22.9 Å². The first-order valence-corrected chi connectivity index (χ1v) is 8.70. The molecule has 1 unspecified atom stereocenters. The van der Waals surface area contributed by atoms with Crippen LogP contribution in [0.5, 0.6) is 5.75 Å². The molecule has 0 aliphatic heterocycles. The van der Waals surface area contributed by atoms with E-state index in [-0.39, 0.29) is 11.6 Å². The number of nitrogens with zero attached hydrogens (tertiary/aromatic N) is 3. The van der Waals surface area contributed by atoms with Crippen molar-refractivity contribution < 1.29 is 9.13 Å². The van der Waals surface area contributed by atoms with Crippen molar-refractivity contribution in [2.45, 2.75) is 13.0 Å². The summed E-state index contributed by atoms with van der Waals surface area (Å²) >= 11 is 6.17. The van der Waals surface area contributed by atoms with E-state index in [2.05, 4.69) is 10.1 Å².